The fraction of sp³-hybridized carbons (Fsp3) is 0.286. The monoisotopic (exact) mass is 434 g/mol. The molecule has 10 heteroatoms. The molecule has 0 aliphatic carbocycles. The molecule has 31 heavy (non-hydrogen) atoms. The smallest absolute Gasteiger partial charge is 0.475 e. The van der Waals surface area contributed by atoms with E-state index >= 15 is 0 Å². The second kappa shape index (κ2) is 9.17. The first-order chi connectivity index (χ1) is 14.7. The van der Waals surface area contributed by atoms with Gasteiger partial charge in [-0.05, 0) is 48.7 Å². The largest absolute Gasteiger partial charge is 0.490 e. The molecule has 0 saturated heterocycles. The molecule has 0 spiro atoms. The van der Waals surface area contributed by atoms with Crippen molar-refractivity contribution in [3.8, 4) is 0 Å². The number of fused-ring (bicyclic) bond motifs is 2. The van der Waals surface area contributed by atoms with Crippen molar-refractivity contribution in [1.82, 2.24) is 20.8 Å². The van der Waals surface area contributed by atoms with E-state index in [2.05, 4.69) is 45.1 Å². The summed E-state index contributed by atoms with van der Waals surface area (Å²) in [6.07, 6.45) is -2.30. The molecule has 0 fully saturated rings. The Balaban J connectivity index is 0.000000339. The number of aromatic amines is 1. The molecule has 1 unspecified atom stereocenters. The van der Waals surface area contributed by atoms with Crippen molar-refractivity contribution in [3.05, 3.63) is 64.8 Å². The van der Waals surface area contributed by atoms with Crippen molar-refractivity contribution < 1.29 is 27.9 Å². The molecular formula is C21H21F3N4O3. The molecule has 1 atom stereocenters. The number of halogens is 3. The van der Waals surface area contributed by atoms with Gasteiger partial charge >= 0.3 is 12.1 Å². The molecule has 0 bridgehead atoms. The van der Waals surface area contributed by atoms with Crippen LogP contribution in [0.3, 0.4) is 0 Å². The number of alkyl halides is 3. The van der Waals surface area contributed by atoms with E-state index in [1.54, 1.807) is 6.20 Å². The molecule has 3 aromatic rings. The molecule has 164 valence electrons. The third kappa shape index (κ3) is 5.40. The Morgan fingerprint density at radius 2 is 1.97 bits per heavy atom. The zero-order valence-corrected chi connectivity index (χ0v) is 16.6. The van der Waals surface area contributed by atoms with Gasteiger partial charge in [0.1, 0.15) is 0 Å². The average molecular weight is 434 g/mol. The molecular weight excluding hydrogens is 413 g/mol. The SMILES string of the molecule is Cc1cc(C(=O)NCC2NCCc3ccccc32)c2[nH]ncc2c1.O=C(O)C(F)(F)F. The quantitative estimate of drug-likeness (QED) is 0.507. The summed E-state index contributed by atoms with van der Waals surface area (Å²) >= 11 is 0. The highest BCUT2D eigenvalue weighted by atomic mass is 19.4. The van der Waals surface area contributed by atoms with Crippen molar-refractivity contribution in [3.63, 3.8) is 0 Å². The maximum absolute atomic E-state index is 12.7. The Morgan fingerprint density at radius 3 is 2.68 bits per heavy atom. The minimum atomic E-state index is -5.08. The number of carboxylic acids is 1. The fourth-order valence-corrected chi connectivity index (χ4v) is 3.45. The van der Waals surface area contributed by atoms with E-state index < -0.39 is 12.1 Å². The van der Waals surface area contributed by atoms with Crippen LogP contribution in [0.4, 0.5) is 13.2 Å². The molecule has 1 aliphatic heterocycles. The Morgan fingerprint density at radius 1 is 1.26 bits per heavy atom. The topological polar surface area (TPSA) is 107 Å². The zero-order chi connectivity index (χ0) is 22.6. The summed E-state index contributed by atoms with van der Waals surface area (Å²) in [5.41, 5.74) is 5.12. The van der Waals surface area contributed by atoms with Crippen LogP contribution in [-0.4, -0.2) is 46.4 Å². The van der Waals surface area contributed by atoms with Gasteiger partial charge in [0.05, 0.1) is 17.3 Å². The van der Waals surface area contributed by atoms with Crippen LogP contribution in [0.2, 0.25) is 0 Å². The number of benzene rings is 2. The van der Waals surface area contributed by atoms with Crippen LogP contribution in [0, 0.1) is 6.92 Å². The van der Waals surface area contributed by atoms with Crippen LogP contribution >= 0.6 is 0 Å². The number of aryl methyl sites for hydroxylation is 1. The lowest BCUT2D eigenvalue weighted by Gasteiger charge is -2.27. The number of rotatable bonds is 3. The van der Waals surface area contributed by atoms with Crippen LogP contribution in [0.15, 0.2) is 42.6 Å². The molecule has 1 aliphatic rings. The molecule has 1 aromatic heterocycles. The molecule has 2 aromatic carbocycles. The van der Waals surface area contributed by atoms with Gasteiger partial charge in [-0.2, -0.15) is 18.3 Å². The number of amides is 1. The third-order valence-electron chi connectivity index (χ3n) is 4.86. The summed E-state index contributed by atoms with van der Waals surface area (Å²) in [6.45, 7) is 3.49. The van der Waals surface area contributed by atoms with Crippen molar-refractivity contribution >= 4 is 22.8 Å². The maximum atomic E-state index is 12.7. The summed E-state index contributed by atoms with van der Waals surface area (Å²) in [5, 5.41) is 21.6. The van der Waals surface area contributed by atoms with Crippen molar-refractivity contribution in [2.24, 2.45) is 0 Å². The van der Waals surface area contributed by atoms with Crippen LogP contribution in [-0.2, 0) is 11.2 Å². The fourth-order valence-electron chi connectivity index (χ4n) is 3.45. The second-order valence-corrected chi connectivity index (χ2v) is 7.12. The summed E-state index contributed by atoms with van der Waals surface area (Å²) < 4.78 is 31.7. The Kier molecular flexibility index (Phi) is 6.59. The molecule has 4 N–H and O–H groups in total. The first kappa shape index (κ1) is 22.3. The lowest BCUT2D eigenvalue weighted by atomic mass is 9.94. The third-order valence-corrected chi connectivity index (χ3v) is 4.86. The average Bonchev–Trinajstić information content (AvgIpc) is 3.19. The van der Waals surface area contributed by atoms with Crippen LogP contribution in [0.1, 0.15) is 33.1 Å². The van der Waals surface area contributed by atoms with Gasteiger partial charge in [-0.1, -0.05) is 24.3 Å². The predicted molar refractivity (Wildman–Crippen MR) is 108 cm³/mol. The molecule has 0 radical (unpaired) electrons. The Hall–Kier alpha value is -3.40. The van der Waals surface area contributed by atoms with Gasteiger partial charge < -0.3 is 15.7 Å². The number of hydrogen-bond donors (Lipinski definition) is 4. The van der Waals surface area contributed by atoms with Crippen molar-refractivity contribution in [1.29, 1.82) is 0 Å². The Labute approximate surface area is 175 Å². The molecule has 4 rings (SSSR count). The number of hydrogen-bond acceptors (Lipinski definition) is 4. The lowest BCUT2D eigenvalue weighted by molar-refractivity contribution is -0.192. The van der Waals surface area contributed by atoms with Gasteiger partial charge in [0.25, 0.3) is 5.91 Å². The van der Waals surface area contributed by atoms with E-state index in [4.69, 9.17) is 9.90 Å². The zero-order valence-electron chi connectivity index (χ0n) is 16.6. The number of nitrogens with zero attached hydrogens (tertiary/aromatic N) is 1. The summed E-state index contributed by atoms with van der Waals surface area (Å²) in [5.74, 6) is -2.83. The minimum Gasteiger partial charge on any atom is -0.475 e. The van der Waals surface area contributed by atoms with Gasteiger partial charge in [-0.15, -0.1) is 0 Å². The number of carbonyl (C=O) groups is 2. The summed E-state index contributed by atoms with van der Waals surface area (Å²) in [6, 6.07) is 12.5. The first-order valence-corrected chi connectivity index (χ1v) is 9.50. The number of H-pyrrole nitrogens is 1. The van der Waals surface area contributed by atoms with E-state index in [0.717, 1.165) is 29.4 Å². The second-order valence-electron chi connectivity index (χ2n) is 7.12. The van der Waals surface area contributed by atoms with E-state index in [0.29, 0.717) is 12.1 Å². The van der Waals surface area contributed by atoms with Gasteiger partial charge in [0.2, 0.25) is 0 Å². The van der Waals surface area contributed by atoms with E-state index in [1.807, 2.05) is 19.1 Å². The van der Waals surface area contributed by atoms with Crippen molar-refractivity contribution in [2.45, 2.75) is 25.6 Å². The molecule has 2 heterocycles. The molecule has 7 nitrogen and oxygen atoms in total. The number of aromatic nitrogens is 2. The van der Waals surface area contributed by atoms with Crippen molar-refractivity contribution in [2.75, 3.05) is 13.1 Å². The van der Waals surface area contributed by atoms with Crippen LogP contribution < -0.4 is 10.6 Å². The highest BCUT2D eigenvalue weighted by Gasteiger charge is 2.38. The van der Waals surface area contributed by atoms with E-state index in [9.17, 15) is 18.0 Å². The minimum absolute atomic E-state index is 0.0715. The lowest BCUT2D eigenvalue weighted by Crippen LogP contribution is -2.38. The molecule has 0 saturated carbocycles. The predicted octanol–water partition coefficient (Wildman–Crippen LogP) is 3.12. The van der Waals surface area contributed by atoms with Crippen LogP contribution in [0.5, 0.6) is 0 Å². The van der Waals surface area contributed by atoms with E-state index in [-0.39, 0.29) is 11.9 Å². The first-order valence-electron chi connectivity index (χ1n) is 9.50. The highest BCUT2D eigenvalue weighted by molar-refractivity contribution is 6.05. The summed E-state index contributed by atoms with van der Waals surface area (Å²) in [7, 11) is 0. The maximum Gasteiger partial charge on any atom is 0.490 e. The van der Waals surface area contributed by atoms with Gasteiger partial charge in [0, 0.05) is 18.0 Å². The molecule has 1 amide bonds. The standard InChI is InChI=1S/C19H20N4O.C2HF3O2/c1-12-8-14-10-22-23-18(14)16(9-12)19(24)21-11-17-15-5-3-2-4-13(15)6-7-20-17;3-2(4,5)1(6)7/h2-5,8-10,17,20H,6-7,11H2,1H3,(H,21,24)(H,22,23);(H,6,7). The number of carboxylic acid groups (broad SMARTS) is 1. The Bertz CT molecular complexity index is 1090. The van der Waals surface area contributed by atoms with Gasteiger partial charge in [-0.3, -0.25) is 9.89 Å². The van der Waals surface area contributed by atoms with Gasteiger partial charge in [-0.25, -0.2) is 4.79 Å². The number of aliphatic carboxylic acids is 1. The van der Waals surface area contributed by atoms with Gasteiger partial charge in [0.15, 0.2) is 0 Å². The highest BCUT2D eigenvalue weighted by Crippen LogP contribution is 2.23. The van der Waals surface area contributed by atoms with Crippen LogP contribution in [0.25, 0.3) is 10.9 Å². The number of carbonyl (C=O) groups excluding carboxylic acids is 1. The summed E-state index contributed by atoms with van der Waals surface area (Å²) in [4.78, 5) is 21.6. The van der Waals surface area contributed by atoms with E-state index in [1.165, 1.54) is 11.1 Å². The number of nitrogens with one attached hydrogen (secondary N) is 3. The normalized spacial score (nSPS) is 15.5.